The third-order valence-electron chi connectivity index (χ3n) is 5.67. The summed E-state index contributed by atoms with van der Waals surface area (Å²) in [5.41, 5.74) is 2.42. The van der Waals surface area contributed by atoms with E-state index in [0.717, 1.165) is 10.0 Å². The van der Waals surface area contributed by atoms with E-state index in [2.05, 4.69) is 26.0 Å². The zero-order valence-corrected chi connectivity index (χ0v) is 23.0. The molecule has 0 saturated heterocycles. The van der Waals surface area contributed by atoms with Crippen molar-refractivity contribution in [1.29, 1.82) is 0 Å². The van der Waals surface area contributed by atoms with Crippen molar-refractivity contribution >= 4 is 62.2 Å². The predicted molar refractivity (Wildman–Crippen MR) is 155 cm³/mol. The molecule has 0 bridgehead atoms. The van der Waals surface area contributed by atoms with Gasteiger partial charge in [0.15, 0.2) is 5.82 Å². The predicted octanol–water partition coefficient (Wildman–Crippen LogP) is 7.54. The van der Waals surface area contributed by atoms with Gasteiger partial charge in [-0.15, -0.1) is 0 Å². The molecule has 0 fully saturated rings. The Morgan fingerprint density at radius 1 is 1.00 bits per heavy atom. The van der Waals surface area contributed by atoms with Crippen LogP contribution in [0.1, 0.15) is 21.5 Å². The monoisotopic (exact) mass is 605 g/mol. The minimum absolute atomic E-state index is 0.236. The Balaban J connectivity index is 1.62. The van der Waals surface area contributed by atoms with Crippen molar-refractivity contribution in [3.05, 3.63) is 126 Å². The van der Waals surface area contributed by atoms with Crippen LogP contribution in [0.4, 0.5) is 0 Å². The van der Waals surface area contributed by atoms with Gasteiger partial charge in [0, 0.05) is 20.6 Å². The van der Waals surface area contributed by atoms with E-state index in [9.17, 15) is 9.59 Å². The first-order valence-corrected chi connectivity index (χ1v) is 12.9. The lowest BCUT2D eigenvalue weighted by molar-refractivity contribution is 0.0734. The highest BCUT2D eigenvalue weighted by atomic mass is 79.9. The standard InChI is InChI=1S/C29H18BrCl2N3O3/c1-17-5-4-6-18(13-17)29(37)38-26-12-9-20(30)14-19(26)16-33-35-27(22-11-10-21(31)15-24(22)32)34-25-8-3-2-7-23(25)28(35)36/h2-16H,1H3. The van der Waals surface area contributed by atoms with Gasteiger partial charge in [-0.3, -0.25) is 4.79 Å². The van der Waals surface area contributed by atoms with Gasteiger partial charge in [0.05, 0.1) is 27.7 Å². The lowest BCUT2D eigenvalue weighted by atomic mass is 10.1. The van der Waals surface area contributed by atoms with Crippen molar-refractivity contribution in [2.24, 2.45) is 5.10 Å². The molecule has 0 unspecified atom stereocenters. The maximum absolute atomic E-state index is 13.5. The molecular weight excluding hydrogens is 589 g/mol. The maximum Gasteiger partial charge on any atom is 0.343 e. The van der Waals surface area contributed by atoms with E-state index in [-0.39, 0.29) is 17.1 Å². The second kappa shape index (κ2) is 10.9. The van der Waals surface area contributed by atoms with E-state index in [1.165, 1.54) is 10.9 Å². The molecule has 188 valence electrons. The number of para-hydroxylation sites is 1. The topological polar surface area (TPSA) is 73.5 Å². The smallest absolute Gasteiger partial charge is 0.343 e. The molecule has 0 spiro atoms. The number of benzene rings is 4. The van der Waals surface area contributed by atoms with Gasteiger partial charge in [0.1, 0.15) is 5.75 Å². The Morgan fingerprint density at radius 3 is 2.61 bits per heavy atom. The summed E-state index contributed by atoms with van der Waals surface area (Å²) < 4.78 is 7.59. The van der Waals surface area contributed by atoms with Crippen molar-refractivity contribution < 1.29 is 9.53 Å². The summed E-state index contributed by atoms with van der Waals surface area (Å²) in [6.07, 6.45) is 1.44. The summed E-state index contributed by atoms with van der Waals surface area (Å²) >= 11 is 16.0. The molecule has 0 amide bonds. The van der Waals surface area contributed by atoms with Gasteiger partial charge in [-0.25, -0.2) is 9.78 Å². The highest BCUT2D eigenvalue weighted by molar-refractivity contribution is 9.10. The number of esters is 1. The number of ether oxygens (including phenoxy) is 1. The van der Waals surface area contributed by atoms with Crippen LogP contribution in [0.25, 0.3) is 22.3 Å². The first kappa shape index (κ1) is 25.9. The van der Waals surface area contributed by atoms with E-state index < -0.39 is 5.97 Å². The SMILES string of the molecule is Cc1cccc(C(=O)Oc2ccc(Br)cc2C=Nn2c(-c3ccc(Cl)cc3Cl)nc3ccccc3c2=O)c1. The highest BCUT2D eigenvalue weighted by Crippen LogP contribution is 2.30. The summed E-state index contributed by atoms with van der Waals surface area (Å²) in [4.78, 5) is 31.0. The fourth-order valence-corrected chi connectivity index (χ4v) is 4.71. The van der Waals surface area contributed by atoms with Gasteiger partial charge in [0.2, 0.25) is 0 Å². The second-order valence-electron chi connectivity index (χ2n) is 8.38. The largest absolute Gasteiger partial charge is 0.422 e. The summed E-state index contributed by atoms with van der Waals surface area (Å²) in [7, 11) is 0. The quantitative estimate of drug-likeness (QED) is 0.118. The van der Waals surface area contributed by atoms with Crippen molar-refractivity contribution in [1.82, 2.24) is 9.66 Å². The highest BCUT2D eigenvalue weighted by Gasteiger charge is 2.16. The van der Waals surface area contributed by atoms with Gasteiger partial charge in [0.25, 0.3) is 5.56 Å². The molecule has 0 radical (unpaired) electrons. The Morgan fingerprint density at radius 2 is 1.82 bits per heavy atom. The summed E-state index contributed by atoms with van der Waals surface area (Å²) in [6.45, 7) is 1.90. The van der Waals surface area contributed by atoms with Gasteiger partial charge in [-0.2, -0.15) is 9.78 Å². The molecule has 1 heterocycles. The molecule has 5 rings (SSSR count). The van der Waals surface area contributed by atoms with Crippen molar-refractivity contribution in [3.8, 4) is 17.1 Å². The average Bonchev–Trinajstić information content (AvgIpc) is 2.89. The molecule has 6 nitrogen and oxygen atoms in total. The number of aromatic nitrogens is 2. The molecule has 38 heavy (non-hydrogen) atoms. The lowest BCUT2D eigenvalue weighted by Crippen LogP contribution is -2.20. The maximum atomic E-state index is 13.5. The molecule has 0 saturated carbocycles. The normalized spacial score (nSPS) is 11.3. The molecular formula is C29H18BrCl2N3O3. The van der Waals surface area contributed by atoms with Crippen LogP contribution in [0.15, 0.2) is 99.3 Å². The van der Waals surface area contributed by atoms with Crippen LogP contribution in [-0.4, -0.2) is 21.8 Å². The van der Waals surface area contributed by atoms with Gasteiger partial charge < -0.3 is 4.74 Å². The Labute approximate surface area is 236 Å². The number of nitrogens with zero attached hydrogens (tertiary/aromatic N) is 3. The van der Waals surface area contributed by atoms with Crippen LogP contribution < -0.4 is 10.3 Å². The number of fused-ring (bicyclic) bond motifs is 1. The minimum atomic E-state index is -0.510. The molecule has 4 aromatic carbocycles. The molecule has 0 aliphatic heterocycles. The zero-order valence-electron chi connectivity index (χ0n) is 19.9. The van der Waals surface area contributed by atoms with Crippen LogP contribution in [0.3, 0.4) is 0 Å². The van der Waals surface area contributed by atoms with Gasteiger partial charge in [-0.1, -0.05) is 69.0 Å². The second-order valence-corrected chi connectivity index (χ2v) is 10.1. The lowest BCUT2D eigenvalue weighted by Gasteiger charge is -2.12. The number of hydrogen-bond donors (Lipinski definition) is 0. The Kier molecular flexibility index (Phi) is 7.42. The van der Waals surface area contributed by atoms with E-state index >= 15 is 0 Å². The molecule has 0 aliphatic carbocycles. The summed E-state index contributed by atoms with van der Waals surface area (Å²) in [6, 6.07) is 24.1. The van der Waals surface area contributed by atoms with E-state index in [1.54, 1.807) is 78.9 Å². The number of aryl methyl sites for hydroxylation is 1. The molecule has 0 atom stereocenters. The van der Waals surface area contributed by atoms with Crippen LogP contribution in [0.2, 0.25) is 10.0 Å². The minimum Gasteiger partial charge on any atom is -0.422 e. The number of carbonyl (C=O) groups is 1. The van der Waals surface area contributed by atoms with Gasteiger partial charge in [-0.05, 0) is 67.6 Å². The van der Waals surface area contributed by atoms with Crippen LogP contribution in [-0.2, 0) is 0 Å². The molecule has 9 heteroatoms. The van der Waals surface area contributed by atoms with E-state index in [1.807, 2.05) is 13.0 Å². The summed E-state index contributed by atoms with van der Waals surface area (Å²) in [5.74, 6) is 0.0000871. The number of hydrogen-bond acceptors (Lipinski definition) is 5. The molecule has 5 aromatic rings. The summed E-state index contributed by atoms with van der Waals surface area (Å²) in [5, 5.41) is 5.63. The van der Waals surface area contributed by atoms with Gasteiger partial charge >= 0.3 is 5.97 Å². The van der Waals surface area contributed by atoms with E-state index in [4.69, 9.17) is 27.9 Å². The van der Waals surface area contributed by atoms with Crippen molar-refractivity contribution in [2.75, 3.05) is 0 Å². The van der Waals surface area contributed by atoms with Crippen LogP contribution in [0, 0.1) is 6.92 Å². The van der Waals surface area contributed by atoms with Crippen LogP contribution in [0.5, 0.6) is 5.75 Å². The number of rotatable bonds is 5. The van der Waals surface area contributed by atoms with Crippen molar-refractivity contribution in [3.63, 3.8) is 0 Å². The Bertz CT molecular complexity index is 1800. The van der Waals surface area contributed by atoms with E-state index in [0.29, 0.717) is 37.6 Å². The van der Waals surface area contributed by atoms with Crippen molar-refractivity contribution in [2.45, 2.75) is 6.92 Å². The molecule has 0 N–H and O–H groups in total. The fourth-order valence-electron chi connectivity index (χ4n) is 3.84. The Hall–Kier alpha value is -3.78. The number of halogens is 3. The fraction of sp³-hybridized carbons (Fsp3) is 0.0345. The zero-order chi connectivity index (χ0) is 26.8. The molecule has 1 aromatic heterocycles. The first-order chi connectivity index (χ1) is 18.3. The number of carbonyl (C=O) groups excluding carboxylic acids is 1. The van der Waals surface area contributed by atoms with Crippen LogP contribution >= 0.6 is 39.1 Å². The third-order valence-corrected chi connectivity index (χ3v) is 6.71. The third kappa shape index (κ3) is 5.41. The first-order valence-electron chi connectivity index (χ1n) is 11.4. The molecule has 0 aliphatic rings. The average molecular weight is 607 g/mol.